The van der Waals surface area contributed by atoms with Gasteiger partial charge in [-0.1, -0.05) is 30.3 Å². The maximum atomic E-state index is 12.1. The van der Waals surface area contributed by atoms with Gasteiger partial charge in [0, 0.05) is 19.6 Å². The first-order valence-corrected chi connectivity index (χ1v) is 8.71. The molecule has 1 aliphatic rings. The predicted molar refractivity (Wildman–Crippen MR) is 98.2 cm³/mol. The van der Waals surface area contributed by atoms with E-state index in [-0.39, 0.29) is 11.1 Å². The van der Waals surface area contributed by atoms with Crippen LogP contribution in [0.3, 0.4) is 0 Å². The topological polar surface area (TPSA) is 55.8 Å². The van der Waals surface area contributed by atoms with Crippen molar-refractivity contribution in [3.8, 4) is 0 Å². The van der Waals surface area contributed by atoms with Crippen LogP contribution in [0.15, 0.2) is 42.5 Å². The molecule has 136 valence electrons. The van der Waals surface area contributed by atoms with E-state index in [1.165, 1.54) is 19.8 Å². The molecule has 0 bridgehead atoms. The second-order valence-electron chi connectivity index (χ2n) is 6.41. The van der Waals surface area contributed by atoms with Crippen molar-refractivity contribution in [3.05, 3.63) is 70.3 Å². The lowest BCUT2D eigenvalue weighted by Crippen LogP contribution is -2.25. The summed E-state index contributed by atoms with van der Waals surface area (Å²) in [7, 11) is 2.63. The van der Waals surface area contributed by atoms with Crippen LogP contribution in [0.1, 0.15) is 37.4 Å². The molecule has 0 unspecified atom stereocenters. The van der Waals surface area contributed by atoms with Crippen molar-refractivity contribution >= 4 is 11.9 Å². The summed E-state index contributed by atoms with van der Waals surface area (Å²) in [6, 6.07) is 14.0. The Kier molecular flexibility index (Phi) is 5.68. The maximum absolute atomic E-state index is 12.1. The van der Waals surface area contributed by atoms with Gasteiger partial charge >= 0.3 is 11.9 Å². The van der Waals surface area contributed by atoms with Gasteiger partial charge in [-0.2, -0.15) is 0 Å². The molecule has 0 radical (unpaired) electrons. The van der Waals surface area contributed by atoms with Crippen molar-refractivity contribution in [2.75, 3.05) is 27.3 Å². The van der Waals surface area contributed by atoms with E-state index < -0.39 is 11.9 Å². The zero-order valence-electron chi connectivity index (χ0n) is 15.2. The first-order valence-electron chi connectivity index (χ1n) is 8.71. The van der Waals surface area contributed by atoms with Gasteiger partial charge in [-0.3, -0.25) is 4.90 Å². The number of benzene rings is 2. The van der Waals surface area contributed by atoms with E-state index in [1.807, 2.05) is 18.2 Å². The number of carbonyl (C=O) groups excluding carboxylic acids is 2. The number of methoxy groups -OCH3 is 2. The molecule has 3 rings (SSSR count). The molecule has 1 aliphatic heterocycles. The van der Waals surface area contributed by atoms with E-state index in [1.54, 1.807) is 12.1 Å². The van der Waals surface area contributed by atoms with Crippen molar-refractivity contribution < 1.29 is 19.1 Å². The smallest absolute Gasteiger partial charge is 0.338 e. The van der Waals surface area contributed by atoms with E-state index in [2.05, 4.69) is 17.0 Å². The van der Waals surface area contributed by atoms with Gasteiger partial charge in [-0.25, -0.2) is 9.59 Å². The molecule has 0 spiro atoms. The third-order valence-electron chi connectivity index (χ3n) is 4.79. The first kappa shape index (κ1) is 18.1. The van der Waals surface area contributed by atoms with Crippen LogP contribution in [-0.2, 0) is 28.9 Å². The van der Waals surface area contributed by atoms with Gasteiger partial charge in [-0.15, -0.1) is 0 Å². The van der Waals surface area contributed by atoms with Crippen LogP contribution in [-0.4, -0.2) is 44.1 Å². The number of nitrogens with zero attached hydrogens (tertiary/aromatic N) is 1. The molecule has 0 atom stereocenters. The fourth-order valence-corrected chi connectivity index (χ4v) is 3.38. The number of fused-ring (bicyclic) bond motifs is 1. The molecule has 0 fully saturated rings. The van der Waals surface area contributed by atoms with Gasteiger partial charge in [0.05, 0.1) is 25.3 Å². The van der Waals surface area contributed by atoms with Gasteiger partial charge in [0.15, 0.2) is 0 Å². The standard InChI is InChI=1S/C21H23NO4/c1-25-20(23)18-12-16-8-10-22(14-15-6-4-3-5-7-15)11-9-17(16)13-19(18)21(24)26-2/h3-7,12-13H,8-11,14H2,1-2H3. The van der Waals surface area contributed by atoms with Crippen LogP contribution in [0, 0.1) is 0 Å². The lowest BCUT2D eigenvalue weighted by atomic mass is 9.95. The molecule has 0 saturated carbocycles. The first-order chi connectivity index (χ1) is 12.6. The van der Waals surface area contributed by atoms with Crippen molar-refractivity contribution in [2.24, 2.45) is 0 Å². The molecule has 5 heteroatoms. The third kappa shape index (κ3) is 3.94. The highest BCUT2D eigenvalue weighted by Gasteiger charge is 2.23. The van der Waals surface area contributed by atoms with E-state index >= 15 is 0 Å². The Hall–Kier alpha value is -2.66. The average Bonchev–Trinajstić information content (AvgIpc) is 2.88. The molecule has 2 aromatic rings. The van der Waals surface area contributed by atoms with Gasteiger partial charge in [0.1, 0.15) is 0 Å². The van der Waals surface area contributed by atoms with E-state index in [0.717, 1.165) is 43.6 Å². The lowest BCUT2D eigenvalue weighted by molar-refractivity contribution is 0.0555. The predicted octanol–water partition coefficient (Wildman–Crippen LogP) is 2.86. The summed E-state index contributed by atoms with van der Waals surface area (Å²) in [5.41, 5.74) is 4.01. The zero-order chi connectivity index (χ0) is 18.5. The maximum Gasteiger partial charge on any atom is 0.338 e. The Morgan fingerprint density at radius 3 is 1.85 bits per heavy atom. The number of rotatable bonds is 4. The summed E-state index contributed by atoms with van der Waals surface area (Å²) in [6.07, 6.45) is 1.65. The summed E-state index contributed by atoms with van der Waals surface area (Å²) in [4.78, 5) is 26.6. The molecule has 0 N–H and O–H groups in total. The molecule has 1 heterocycles. The van der Waals surface area contributed by atoms with Crippen LogP contribution in [0.4, 0.5) is 0 Å². The minimum Gasteiger partial charge on any atom is -0.465 e. The van der Waals surface area contributed by atoms with Gasteiger partial charge in [0.25, 0.3) is 0 Å². The summed E-state index contributed by atoms with van der Waals surface area (Å²) in [6.45, 7) is 2.70. The molecule has 26 heavy (non-hydrogen) atoms. The molecule has 0 aliphatic carbocycles. The fourth-order valence-electron chi connectivity index (χ4n) is 3.38. The average molecular weight is 353 g/mol. The van der Waals surface area contributed by atoms with Crippen molar-refractivity contribution in [2.45, 2.75) is 19.4 Å². The van der Waals surface area contributed by atoms with Crippen molar-refractivity contribution in [1.82, 2.24) is 4.90 Å². The van der Waals surface area contributed by atoms with Crippen LogP contribution in [0.25, 0.3) is 0 Å². The van der Waals surface area contributed by atoms with Gasteiger partial charge in [0.2, 0.25) is 0 Å². The Bertz CT molecular complexity index is 754. The Morgan fingerprint density at radius 1 is 0.885 bits per heavy atom. The number of hydrogen-bond donors (Lipinski definition) is 0. The summed E-state index contributed by atoms with van der Waals surface area (Å²) in [5, 5.41) is 0. The van der Waals surface area contributed by atoms with Gasteiger partial charge in [-0.05, 0) is 41.7 Å². The van der Waals surface area contributed by atoms with E-state index in [4.69, 9.17) is 9.47 Å². The fraction of sp³-hybridized carbons (Fsp3) is 0.333. The van der Waals surface area contributed by atoms with Crippen molar-refractivity contribution in [3.63, 3.8) is 0 Å². The van der Waals surface area contributed by atoms with Crippen molar-refractivity contribution in [1.29, 1.82) is 0 Å². The summed E-state index contributed by atoms with van der Waals surface area (Å²) >= 11 is 0. The summed E-state index contributed by atoms with van der Waals surface area (Å²) < 4.78 is 9.67. The monoisotopic (exact) mass is 353 g/mol. The van der Waals surface area contributed by atoms with Crippen LogP contribution >= 0.6 is 0 Å². The molecule has 2 aromatic carbocycles. The molecule has 0 saturated heterocycles. The highest BCUT2D eigenvalue weighted by atomic mass is 16.5. The minimum atomic E-state index is -0.515. The number of carbonyl (C=O) groups is 2. The number of esters is 2. The second-order valence-corrected chi connectivity index (χ2v) is 6.41. The molecular formula is C21H23NO4. The second kappa shape index (κ2) is 8.15. The SMILES string of the molecule is COC(=O)c1cc2c(cc1C(=O)OC)CCN(Cc1ccccc1)CC2. The third-order valence-corrected chi connectivity index (χ3v) is 4.79. The highest BCUT2D eigenvalue weighted by molar-refractivity contribution is 6.03. The van der Waals surface area contributed by atoms with Crippen LogP contribution < -0.4 is 0 Å². The highest BCUT2D eigenvalue weighted by Crippen LogP contribution is 2.23. The minimum absolute atomic E-state index is 0.273. The quantitative estimate of drug-likeness (QED) is 0.791. The molecule has 0 amide bonds. The number of ether oxygens (including phenoxy) is 2. The molecule has 5 nitrogen and oxygen atoms in total. The van der Waals surface area contributed by atoms with E-state index in [9.17, 15) is 9.59 Å². The van der Waals surface area contributed by atoms with E-state index in [0.29, 0.717) is 0 Å². The van der Waals surface area contributed by atoms with Crippen LogP contribution in [0.5, 0.6) is 0 Å². The zero-order valence-corrected chi connectivity index (χ0v) is 15.2. The normalized spacial score (nSPS) is 14.2. The Labute approximate surface area is 153 Å². The van der Waals surface area contributed by atoms with Crippen LogP contribution in [0.2, 0.25) is 0 Å². The Morgan fingerprint density at radius 2 is 1.38 bits per heavy atom. The van der Waals surface area contributed by atoms with Gasteiger partial charge < -0.3 is 9.47 Å². The molecular weight excluding hydrogens is 330 g/mol. The summed E-state index contributed by atoms with van der Waals surface area (Å²) in [5.74, 6) is -1.03. The number of hydrogen-bond acceptors (Lipinski definition) is 5. The largest absolute Gasteiger partial charge is 0.465 e. The molecule has 0 aromatic heterocycles. The lowest BCUT2D eigenvalue weighted by Gasteiger charge is -2.19. The Balaban J connectivity index is 1.85.